The largest absolute Gasteiger partial charge is 0.309 e. The Kier molecular flexibility index (Phi) is 6.94. The van der Waals surface area contributed by atoms with E-state index >= 15 is 0 Å². The fraction of sp³-hybridized carbons (Fsp3) is 0. The summed E-state index contributed by atoms with van der Waals surface area (Å²) < 4.78 is 49.9. The fourth-order valence-electron chi connectivity index (χ4n) is 9.25. The van der Waals surface area contributed by atoms with Gasteiger partial charge >= 0.3 is 0 Å². The Morgan fingerprint density at radius 3 is 1.48 bits per heavy atom. The number of fused-ring (bicyclic) bond motifs is 9. The van der Waals surface area contributed by atoms with Gasteiger partial charge in [0.2, 0.25) is 0 Å². The lowest BCUT2D eigenvalue weighted by atomic mass is 10.0. The van der Waals surface area contributed by atoms with E-state index in [0.29, 0.717) is 23.0 Å². The quantitative estimate of drug-likeness (QED) is 0.168. The standard InChI is InChI=1S/C57H35N5S/c1-5-18-36(19-6-1)41-28-17-29-44-47-32-40(33-48(54(47)63-53(41)44)57-59-55(37-20-7-2-8-21-37)58-56(60-57)38-22-9-3-10-23-38)62-50-31-16-14-27-43(50)46-34-51-45(35-52(46)62)42-26-13-15-30-49(42)61(51)39-24-11-4-12-25-39/h1-35H/i1D,5D,6D,18D,19D. The number of para-hydroxylation sites is 3. The molecule has 294 valence electrons. The van der Waals surface area contributed by atoms with Gasteiger partial charge in [-0.25, -0.2) is 15.0 Å². The molecule has 9 aromatic carbocycles. The van der Waals surface area contributed by atoms with Gasteiger partial charge in [-0.3, -0.25) is 0 Å². The van der Waals surface area contributed by atoms with Gasteiger partial charge in [-0.1, -0.05) is 164 Å². The smallest absolute Gasteiger partial charge is 0.165 e. The maximum absolute atomic E-state index is 9.01. The molecule has 0 N–H and O–H groups in total. The number of nitrogens with zero attached hydrogens (tertiary/aromatic N) is 5. The van der Waals surface area contributed by atoms with Crippen LogP contribution in [0.4, 0.5) is 0 Å². The summed E-state index contributed by atoms with van der Waals surface area (Å²) in [6.07, 6.45) is 0. The minimum absolute atomic E-state index is 0.161. The van der Waals surface area contributed by atoms with Crippen LogP contribution in [-0.4, -0.2) is 24.1 Å². The Morgan fingerprint density at radius 2 is 0.857 bits per heavy atom. The van der Waals surface area contributed by atoms with Crippen LogP contribution in [0.5, 0.6) is 0 Å². The second kappa shape index (κ2) is 14.2. The predicted molar refractivity (Wildman–Crippen MR) is 263 cm³/mol. The Hall–Kier alpha value is -8.19. The first-order valence-corrected chi connectivity index (χ1v) is 21.6. The molecule has 0 aliphatic rings. The topological polar surface area (TPSA) is 48.5 Å². The number of rotatable bonds is 6. The highest BCUT2D eigenvalue weighted by Gasteiger charge is 2.23. The molecule has 6 heteroatoms. The summed E-state index contributed by atoms with van der Waals surface area (Å²) in [6.45, 7) is 0. The van der Waals surface area contributed by atoms with Crippen LogP contribution in [0.2, 0.25) is 0 Å². The molecule has 4 heterocycles. The van der Waals surface area contributed by atoms with Crippen molar-refractivity contribution in [1.29, 1.82) is 0 Å². The van der Waals surface area contributed by atoms with E-state index in [4.69, 9.17) is 21.8 Å². The molecule has 63 heavy (non-hydrogen) atoms. The van der Waals surface area contributed by atoms with Crippen molar-refractivity contribution in [3.05, 3.63) is 212 Å². The van der Waals surface area contributed by atoms with Crippen molar-refractivity contribution in [1.82, 2.24) is 24.1 Å². The van der Waals surface area contributed by atoms with Crippen molar-refractivity contribution in [3.8, 4) is 56.7 Å². The molecule has 0 atom stereocenters. The molecule has 0 saturated heterocycles. The maximum Gasteiger partial charge on any atom is 0.165 e. The highest BCUT2D eigenvalue weighted by molar-refractivity contribution is 7.26. The van der Waals surface area contributed by atoms with Crippen LogP contribution in [0, 0.1) is 0 Å². The molecule has 0 amide bonds. The second-order valence-electron chi connectivity index (χ2n) is 15.6. The summed E-state index contributed by atoms with van der Waals surface area (Å²) in [5.41, 5.74) is 9.47. The molecule has 5 nitrogen and oxygen atoms in total. The summed E-state index contributed by atoms with van der Waals surface area (Å²) in [5, 5.41) is 6.29. The molecular weight excluding hydrogens is 787 g/mol. The Balaban J connectivity index is 1.16. The van der Waals surface area contributed by atoms with Crippen LogP contribution in [-0.2, 0) is 0 Å². The van der Waals surface area contributed by atoms with Gasteiger partial charge in [0, 0.05) is 69.8 Å². The van der Waals surface area contributed by atoms with E-state index in [0.717, 1.165) is 91.8 Å². The van der Waals surface area contributed by atoms with E-state index < -0.39 is 6.04 Å². The minimum Gasteiger partial charge on any atom is -0.309 e. The van der Waals surface area contributed by atoms with Crippen LogP contribution in [0.3, 0.4) is 0 Å². The molecule has 0 saturated carbocycles. The minimum atomic E-state index is -0.425. The normalized spacial score (nSPS) is 12.9. The van der Waals surface area contributed by atoms with Crippen molar-refractivity contribution in [3.63, 3.8) is 0 Å². The van der Waals surface area contributed by atoms with E-state index in [1.807, 2.05) is 84.9 Å². The van der Waals surface area contributed by atoms with Gasteiger partial charge in [-0.15, -0.1) is 11.3 Å². The highest BCUT2D eigenvalue weighted by atomic mass is 32.1. The summed E-state index contributed by atoms with van der Waals surface area (Å²) >= 11 is 1.51. The average Bonchev–Trinajstić information content (AvgIpc) is 4.05. The second-order valence-corrected chi connectivity index (χ2v) is 16.6. The van der Waals surface area contributed by atoms with Gasteiger partial charge in [-0.2, -0.15) is 0 Å². The monoisotopic (exact) mass is 826 g/mol. The molecule has 13 aromatic rings. The van der Waals surface area contributed by atoms with Crippen molar-refractivity contribution >= 4 is 75.1 Å². The van der Waals surface area contributed by atoms with Crippen LogP contribution >= 0.6 is 11.3 Å². The summed E-state index contributed by atoms with van der Waals surface area (Å²) in [7, 11) is 0. The van der Waals surface area contributed by atoms with E-state index in [9.17, 15) is 0 Å². The third-order valence-corrected chi connectivity index (χ3v) is 13.3. The van der Waals surface area contributed by atoms with Crippen molar-refractivity contribution in [2.24, 2.45) is 0 Å². The van der Waals surface area contributed by atoms with E-state index in [1.165, 1.54) is 11.3 Å². The Bertz CT molecular complexity index is 4120. The van der Waals surface area contributed by atoms with Gasteiger partial charge in [0.25, 0.3) is 0 Å². The SMILES string of the molecule is [2H]c1c([2H])c([2H])c(-c2cccc3c2sc2c(-c4nc(-c5ccccc5)nc(-c5ccccc5)n4)cc(-n4c5ccccc5c5cc6c(cc54)c4ccccc4n6-c4ccccc4)cc23)c([2H])c1[2H]. The van der Waals surface area contributed by atoms with Gasteiger partial charge in [0.15, 0.2) is 17.5 Å². The molecule has 0 bridgehead atoms. The van der Waals surface area contributed by atoms with Gasteiger partial charge in [-0.05, 0) is 59.7 Å². The average molecular weight is 827 g/mol. The van der Waals surface area contributed by atoms with Crippen molar-refractivity contribution < 1.29 is 6.85 Å². The van der Waals surface area contributed by atoms with Crippen LogP contribution in [0.15, 0.2) is 212 Å². The third kappa shape index (κ3) is 5.66. The van der Waals surface area contributed by atoms with Crippen molar-refractivity contribution in [2.75, 3.05) is 0 Å². The third-order valence-electron chi connectivity index (χ3n) is 12.0. The molecule has 13 rings (SSSR count). The summed E-state index contributed by atoms with van der Waals surface area (Å²) in [6, 6.07) is 60.6. The molecular formula is C57H35N5S. The molecule has 0 aliphatic heterocycles. The molecule has 0 fully saturated rings. The number of hydrogen-bond donors (Lipinski definition) is 0. The van der Waals surface area contributed by atoms with E-state index in [1.54, 1.807) is 0 Å². The molecule has 0 aliphatic carbocycles. The van der Waals surface area contributed by atoms with Crippen molar-refractivity contribution in [2.45, 2.75) is 0 Å². The van der Waals surface area contributed by atoms with Gasteiger partial charge < -0.3 is 9.13 Å². The zero-order chi connectivity index (χ0) is 45.8. The number of hydrogen-bond acceptors (Lipinski definition) is 4. The molecule has 0 unspecified atom stereocenters. The van der Waals surface area contributed by atoms with Crippen LogP contribution < -0.4 is 0 Å². The first-order valence-electron chi connectivity index (χ1n) is 23.3. The zero-order valence-corrected chi connectivity index (χ0v) is 34.3. The maximum atomic E-state index is 9.01. The highest BCUT2D eigenvalue weighted by Crippen LogP contribution is 2.46. The van der Waals surface area contributed by atoms with E-state index in [2.05, 4.69) is 106 Å². The lowest BCUT2D eigenvalue weighted by molar-refractivity contribution is 1.07. The Labute approximate surface area is 373 Å². The lowest BCUT2D eigenvalue weighted by Gasteiger charge is -2.13. The molecule has 0 spiro atoms. The number of benzene rings is 9. The molecule has 0 radical (unpaired) electrons. The van der Waals surface area contributed by atoms with Gasteiger partial charge in [0.1, 0.15) is 0 Å². The first kappa shape index (κ1) is 30.8. The van der Waals surface area contributed by atoms with Crippen LogP contribution in [0.1, 0.15) is 6.85 Å². The lowest BCUT2D eigenvalue weighted by Crippen LogP contribution is -2.01. The van der Waals surface area contributed by atoms with E-state index in [-0.39, 0.29) is 29.7 Å². The number of aromatic nitrogens is 5. The predicted octanol–water partition coefficient (Wildman–Crippen LogP) is 15.1. The zero-order valence-electron chi connectivity index (χ0n) is 38.5. The fourth-order valence-corrected chi connectivity index (χ4v) is 10.6. The van der Waals surface area contributed by atoms with Crippen LogP contribution in [0.25, 0.3) is 120 Å². The molecule has 4 aromatic heterocycles. The Morgan fingerprint density at radius 1 is 0.349 bits per heavy atom. The summed E-state index contributed by atoms with van der Waals surface area (Å²) in [4.78, 5) is 15.5. The number of thiophene rings is 1. The first-order chi connectivity index (χ1) is 33.3. The van der Waals surface area contributed by atoms with Gasteiger partial charge in [0.05, 0.1) is 28.9 Å². The summed E-state index contributed by atoms with van der Waals surface area (Å²) in [5.74, 6) is 1.54.